The lowest BCUT2D eigenvalue weighted by molar-refractivity contribution is -0.119. The summed E-state index contributed by atoms with van der Waals surface area (Å²) in [5.41, 5.74) is 5.52. The first-order chi connectivity index (χ1) is 13.2. The molecule has 4 nitrogen and oxygen atoms in total. The fraction of sp³-hybridized carbons (Fsp3) is 0.0476. The topological polar surface area (TPSA) is 44.7 Å². The SMILES string of the molecule is O=C(CN1c2ccccc2Sc2ccccc21)N/N=C/c1ccc(Cl)cc1. The Morgan fingerprint density at radius 2 is 1.56 bits per heavy atom. The second-order valence-electron chi connectivity index (χ2n) is 5.97. The molecule has 0 spiro atoms. The maximum Gasteiger partial charge on any atom is 0.260 e. The van der Waals surface area contributed by atoms with E-state index in [9.17, 15) is 4.79 Å². The van der Waals surface area contributed by atoms with E-state index in [1.54, 1.807) is 30.1 Å². The molecule has 27 heavy (non-hydrogen) atoms. The van der Waals surface area contributed by atoms with E-state index >= 15 is 0 Å². The van der Waals surface area contributed by atoms with Crippen molar-refractivity contribution in [3.63, 3.8) is 0 Å². The highest BCUT2D eigenvalue weighted by Gasteiger charge is 2.24. The standard InChI is InChI=1S/C21H16ClN3OS/c22-16-11-9-15(10-12-16)13-23-24-21(26)14-25-17-5-1-3-7-19(17)27-20-8-4-2-6-18(20)25/h1-13H,14H2,(H,24,26)/b23-13+. The van der Waals surface area contributed by atoms with Crippen LogP contribution in [-0.2, 0) is 4.79 Å². The van der Waals surface area contributed by atoms with Gasteiger partial charge >= 0.3 is 0 Å². The van der Waals surface area contributed by atoms with Crippen molar-refractivity contribution in [1.29, 1.82) is 0 Å². The van der Waals surface area contributed by atoms with Crippen LogP contribution >= 0.6 is 23.4 Å². The molecule has 1 aliphatic heterocycles. The zero-order valence-electron chi connectivity index (χ0n) is 14.3. The van der Waals surface area contributed by atoms with Crippen molar-refractivity contribution in [1.82, 2.24) is 5.43 Å². The zero-order valence-corrected chi connectivity index (χ0v) is 15.9. The summed E-state index contributed by atoms with van der Waals surface area (Å²) in [5.74, 6) is -0.184. The second-order valence-corrected chi connectivity index (χ2v) is 7.49. The van der Waals surface area contributed by atoms with E-state index in [2.05, 4.69) is 22.7 Å². The number of fused-ring (bicyclic) bond motifs is 2. The molecule has 0 aliphatic carbocycles. The molecule has 0 unspecified atom stereocenters. The number of nitrogens with one attached hydrogen (secondary N) is 1. The van der Waals surface area contributed by atoms with E-state index in [0.29, 0.717) is 5.02 Å². The summed E-state index contributed by atoms with van der Waals surface area (Å²) in [7, 11) is 0. The van der Waals surface area contributed by atoms with E-state index in [1.807, 2.05) is 53.4 Å². The Hall–Kier alpha value is -2.76. The summed E-state index contributed by atoms with van der Waals surface area (Å²) in [6, 6.07) is 23.4. The van der Waals surface area contributed by atoms with Crippen LogP contribution in [0.4, 0.5) is 11.4 Å². The van der Waals surface area contributed by atoms with Crippen molar-refractivity contribution in [3.05, 3.63) is 83.4 Å². The van der Waals surface area contributed by atoms with Gasteiger partial charge in [0.25, 0.3) is 5.91 Å². The lowest BCUT2D eigenvalue weighted by Crippen LogP contribution is -2.33. The van der Waals surface area contributed by atoms with E-state index in [-0.39, 0.29) is 12.5 Å². The zero-order chi connectivity index (χ0) is 18.6. The third-order valence-corrected chi connectivity index (χ3v) is 5.49. The van der Waals surface area contributed by atoms with Crippen molar-refractivity contribution >= 4 is 46.9 Å². The predicted octanol–water partition coefficient (Wildman–Crippen LogP) is 5.09. The Morgan fingerprint density at radius 1 is 0.963 bits per heavy atom. The number of carbonyl (C=O) groups excluding carboxylic acids is 1. The summed E-state index contributed by atoms with van der Waals surface area (Å²) in [4.78, 5) is 16.8. The first-order valence-corrected chi connectivity index (χ1v) is 9.61. The summed E-state index contributed by atoms with van der Waals surface area (Å²) in [5, 5.41) is 4.71. The van der Waals surface area contributed by atoms with Gasteiger partial charge in [-0.1, -0.05) is 59.8 Å². The van der Waals surface area contributed by atoms with Gasteiger partial charge in [-0.05, 0) is 42.0 Å². The molecule has 1 heterocycles. The van der Waals surface area contributed by atoms with E-state index < -0.39 is 0 Å². The van der Waals surface area contributed by atoms with Crippen LogP contribution < -0.4 is 10.3 Å². The minimum Gasteiger partial charge on any atom is -0.330 e. The van der Waals surface area contributed by atoms with Gasteiger partial charge in [0.05, 0.1) is 17.6 Å². The molecule has 6 heteroatoms. The van der Waals surface area contributed by atoms with Crippen LogP contribution in [0.25, 0.3) is 0 Å². The number of anilines is 2. The van der Waals surface area contributed by atoms with Crippen LogP contribution in [0.2, 0.25) is 5.02 Å². The highest BCUT2D eigenvalue weighted by Crippen LogP contribution is 2.47. The largest absolute Gasteiger partial charge is 0.330 e. The first kappa shape index (κ1) is 17.6. The van der Waals surface area contributed by atoms with Crippen molar-refractivity contribution < 1.29 is 4.79 Å². The van der Waals surface area contributed by atoms with Gasteiger partial charge < -0.3 is 4.90 Å². The Bertz CT molecular complexity index is 959. The second kappa shape index (κ2) is 7.86. The molecular weight excluding hydrogens is 378 g/mol. The molecule has 0 saturated heterocycles. The number of benzene rings is 3. The Balaban J connectivity index is 1.50. The van der Waals surface area contributed by atoms with Gasteiger partial charge in [-0.15, -0.1) is 0 Å². The number of carbonyl (C=O) groups is 1. The number of hydrogen-bond donors (Lipinski definition) is 1. The number of para-hydroxylation sites is 2. The van der Waals surface area contributed by atoms with E-state index in [4.69, 9.17) is 11.6 Å². The Morgan fingerprint density at radius 3 is 2.19 bits per heavy atom. The van der Waals surface area contributed by atoms with Crippen LogP contribution in [0.15, 0.2) is 87.7 Å². The molecule has 1 amide bonds. The summed E-state index contributed by atoms with van der Waals surface area (Å²) in [6.07, 6.45) is 1.60. The summed E-state index contributed by atoms with van der Waals surface area (Å²) < 4.78 is 0. The van der Waals surface area contributed by atoms with Crippen molar-refractivity contribution in [2.75, 3.05) is 11.4 Å². The quantitative estimate of drug-likeness (QED) is 0.495. The number of amides is 1. The Kier molecular flexibility index (Phi) is 5.14. The summed E-state index contributed by atoms with van der Waals surface area (Å²) >= 11 is 7.58. The maximum absolute atomic E-state index is 12.5. The van der Waals surface area contributed by atoms with E-state index in [0.717, 1.165) is 26.7 Å². The highest BCUT2D eigenvalue weighted by atomic mass is 35.5. The fourth-order valence-electron chi connectivity index (χ4n) is 2.86. The normalized spacial score (nSPS) is 12.6. The van der Waals surface area contributed by atoms with Gasteiger partial charge in [0.2, 0.25) is 0 Å². The minimum atomic E-state index is -0.184. The van der Waals surface area contributed by atoms with Crippen LogP contribution in [0.3, 0.4) is 0 Å². The molecule has 0 aromatic heterocycles. The molecule has 0 fully saturated rings. The maximum atomic E-state index is 12.5. The number of rotatable bonds is 4. The summed E-state index contributed by atoms with van der Waals surface area (Å²) in [6.45, 7) is 0.187. The number of hydrogen-bond acceptors (Lipinski definition) is 4. The van der Waals surface area contributed by atoms with Gasteiger partial charge in [-0.2, -0.15) is 5.10 Å². The van der Waals surface area contributed by atoms with Gasteiger partial charge in [-0.25, -0.2) is 5.43 Å². The third-order valence-electron chi connectivity index (χ3n) is 4.11. The average Bonchev–Trinajstić information content (AvgIpc) is 2.69. The minimum absolute atomic E-state index is 0.184. The molecule has 1 N–H and O–H groups in total. The van der Waals surface area contributed by atoms with Gasteiger partial charge in [0.15, 0.2) is 0 Å². The van der Waals surface area contributed by atoms with Crippen molar-refractivity contribution in [2.45, 2.75) is 9.79 Å². The third kappa shape index (κ3) is 3.99. The molecule has 4 rings (SSSR count). The van der Waals surface area contributed by atoms with Crippen molar-refractivity contribution in [3.8, 4) is 0 Å². The van der Waals surface area contributed by atoms with Crippen LogP contribution in [0, 0.1) is 0 Å². The molecule has 3 aromatic rings. The van der Waals surface area contributed by atoms with Gasteiger partial charge in [-0.3, -0.25) is 4.79 Å². The van der Waals surface area contributed by atoms with Crippen LogP contribution in [-0.4, -0.2) is 18.7 Å². The van der Waals surface area contributed by atoms with E-state index in [1.165, 1.54) is 0 Å². The molecule has 0 saturated carbocycles. The molecule has 0 radical (unpaired) electrons. The first-order valence-electron chi connectivity index (χ1n) is 8.41. The van der Waals surface area contributed by atoms with Gasteiger partial charge in [0, 0.05) is 14.8 Å². The number of nitrogens with zero attached hydrogens (tertiary/aromatic N) is 2. The molecule has 3 aromatic carbocycles. The molecule has 0 atom stereocenters. The van der Waals surface area contributed by atoms with Crippen LogP contribution in [0.5, 0.6) is 0 Å². The highest BCUT2D eigenvalue weighted by molar-refractivity contribution is 7.99. The number of hydrazone groups is 1. The van der Waals surface area contributed by atoms with Crippen LogP contribution in [0.1, 0.15) is 5.56 Å². The molecule has 1 aliphatic rings. The monoisotopic (exact) mass is 393 g/mol. The Labute approximate surface area is 166 Å². The number of halogens is 1. The fourth-order valence-corrected chi connectivity index (χ4v) is 4.08. The molecular formula is C21H16ClN3OS. The van der Waals surface area contributed by atoms with Crippen molar-refractivity contribution in [2.24, 2.45) is 5.10 Å². The predicted molar refractivity (Wildman–Crippen MR) is 111 cm³/mol. The van der Waals surface area contributed by atoms with Gasteiger partial charge in [0.1, 0.15) is 6.54 Å². The molecule has 0 bridgehead atoms. The smallest absolute Gasteiger partial charge is 0.260 e. The molecule has 134 valence electrons. The lowest BCUT2D eigenvalue weighted by Gasteiger charge is -2.31. The lowest BCUT2D eigenvalue weighted by atomic mass is 10.2. The average molecular weight is 394 g/mol.